The molecule has 1 N–H and O–H groups in total. The summed E-state index contributed by atoms with van der Waals surface area (Å²) >= 11 is 1.15. The summed E-state index contributed by atoms with van der Waals surface area (Å²) in [4.78, 5) is 10.5. The molecule has 8 heteroatoms. The molecule has 0 aliphatic heterocycles. The molecule has 0 spiro atoms. The Balaban J connectivity index is 2.54. The van der Waals surface area contributed by atoms with Crippen LogP contribution in [-0.4, -0.2) is 51.9 Å². The van der Waals surface area contributed by atoms with Crippen LogP contribution in [0.2, 0.25) is 0 Å². The fourth-order valence-corrected chi connectivity index (χ4v) is 2.02. The number of aromatic nitrogens is 3. The van der Waals surface area contributed by atoms with E-state index in [9.17, 15) is 4.79 Å². The van der Waals surface area contributed by atoms with Gasteiger partial charge in [0.15, 0.2) is 11.0 Å². The Morgan fingerprint density at radius 3 is 2.83 bits per heavy atom. The Morgan fingerprint density at radius 1 is 1.44 bits per heavy atom. The number of aliphatic carboxylic acids is 1. The summed E-state index contributed by atoms with van der Waals surface area (Å²) in [6, 6.07) is 0. The first-order valence-electron chi connectivity index (χ1n) is 5.52. The summed E-state index contributed by atoms with van der Waals surface area (Å²) in [5.74, 6) is -0.201. The molecule has 0 radical (unpaired) electrons. The molecule has 7 nitrogen and oxygen atoms in total. The zero-order valence-corrected chi connectivity index (χ0v) is 11.3. The second kappa shape index (κ2) is 8.06. The fourth-order valence-electron chi connectivity index (χ4n) is 1.28. The zero-order valence-electron chi connectivity index (χ0n) is 10.5. The molecule has 0 aliphatic rings. The first kappa shape index (κ1) is 14.9. The van der Waals surface area contributed by atoms with Gasteiger partial charge < -0.3 is 19.1 Å². The third-order valence-corrected chi connectivity index (χ3v) is 3.05. The highest BCUT2D eigenvalue weighted by Gasteiger charge is 2.12. The van der Waals surface area contributed by atoms with Crippen molar-refractivity contribution < 1.29 is 19.4 Å². The minimum Gasteiger partial charge on any atom is -0.481 e. The number of nitrogens with zero attached hydrogens (tertiary/aromatic N) is 3. The van der Waals surface area contributed by atoms with Crippen molar-refractivity contribution in [2.45, 2.75) is 25.2 Å². The predicted octanol–water partition coefficient (Wildman–Crippen LogP) is 0.638. The van der Waals surface area contributed by atoms with Crippen LogP contribution >= 0.6 is 11.8 Å². The van der Waals surface area contributed by atoms with Gasteiger partial charge in [-0.2, -0.15) is 0 Å². The molecule has 1 heterocycles. The summed E-state index contributed by atoms with van der Waals surface area (Å²) in [5.41, 5.74) is 0. The molecule has 0 unspecified atom stereocenters. The lowest BCUT2D eigenvalue weighted by atomic mass is 10.6. The molecule has 1 rings (SSSR count). The minimum atomic E-state index is -0.872. The number of carboxylic acid groups (broad SMARTS) is 1. The van der Waals surface area contributed by atoms with Gasteiger partial charge in [-0.05, 0) is 6.92 Å². The molecule has 102 valence electrons. The zero-order chi connectivity index (χ0) is 13.4. The predicted molar refractivity (Wildman–Crippen MR) is 65.6 cm³/mol. The molecule has 0 aromatic carbocycles. The number of hydrogen-bond donors (Lipinski definition) is 1. The number of carbonyl (C=O) groups is 1. The van der Waals surface area contributed by atoms with Gasteiger partial charge in [0.2, 0.25) is 0 Å². The van der Waals surface area contributed by atoms with Crippen LogP contribution in [0.15, 0.2) is 5.16 Å². The Morgan fingerprint density at radius 2 is 2.22 bits per heavy atom. The molecular formula is C10H17N3O4S. The van der Waals surface area contributed by atoms with Crippen LogP contribution in [-0.2, 0) is 27.4 Å². The summed E-state index contributed by atoms with van der Waals surface area (Å²) in [7, 11) is 1.61. The fraction of sp³-hybridized carbons (Fsp3) is 0.700. The maximum atomic E-state index is 10.5. The van der Waals surface area contributed by atoms with E-state index in [2.05, 4.69) is 10.2 Å². The maximum absolute atomic E-state index is 10.5. The summed E-state index contributed by atoms with van der Waals surface area (Å²) in [5, 5.41) is 17.2. The van der Waals surface area contributed by atoms with E-state index in [0.717, 1.165) is 11.8 Å². The van der Waals surface area contributed by atoms with Crippen LogP contribution in [0.25, 0.3) is 0 Å². The second-order valence-electron chi connectivity index (χ2n) is 3.37. The van der Waals surface area contributed by atoms with Crippen LogP contribution in [0.3, 0.4) is 0 Å². The topological polar surface area (TPSA) is 86.5 Å². The van der Waals surface area contributed by atoms with Crippen molar-refractivity contribution in [3.63, 3.8) is 0 Å². The van der Waals surface area contributed by atoms with Crippen molar-refractivity contribution in [3.05, 3.63) is 5.82 Å². The smallest absolute Gasteiger partial charge is 0.313 e. The molecule has 0 fully saturated rings. The summed E-state index contributed by atoms with van der Waals surface area (Å²) in [6.07, 6.45) is 0. The third-order valence-electron chi connectivity index (χ3n) is 2.10. The molecular weight excluding hydrogens is 258 g/mol. The molecule has 18 heavy (non-hydrogen) atoms. The largest absolute Gasteiger partial charge is 0.481 e. The molecule has 0 bridgehead atoms. The lowest BCUT2D eigenvalue weighted by molar-refractivity contribution is -0.133. The van der Waals surface area contributed by atoms with E-state index in [1.54, 1.807) is 7.11 Å². The van der Waals surface area contributed by atoms with Gasteiger partial charge in [-0.15, -0.1) is 10.2 Å². The third kappa shape index (κ3) is 4.63. The SMILES string of the molecule is CCn1c(COCCOC)nnc1SCC(=O)O. The van der Waals surface area contributed by atoms with Crippen molar-refractivity contribution >= 4 is 17.7 Å². The normalized spacial score (nSPS) is 10.8. The van der Waals surface area contributed by atoms with Crippen molar-refractivity contribution in [2.75, 3.05) is 26.1 Å². The Bertz CT molecular complexity index is 383. The lowest BCUT2D eigenvalue weighted by Gasteiger charge is -2.07. The molecule has 0 saturated carbocycles. The molecule has 0 amide bonds. The number of ether oxygens (including phenoxy) is 2. The highest BCUT2D eigenvalue weighted by atomic mass is 32.2. The summed E-state index contributed by atoms with van der Waals surface area (Å²) < 4.78 is 12.1. The van der Waals surface area contributed by atoms with Gasteiger partial charge in [-0.1, -0.05) is 11.8 Å². The average Bonchev–Trinajstić information content (AvgIpc) is 2.74. The van der Waals surface area contributed by atoms with Gasteiger partial charge in [-0.25, -0.2) is 0 Å². The highest BCUT2D eigenvalue weighted by molar-refractivity contribution is 7.99. The monoisotopic (exact) mass is 275 g/mol. The minimum absolute atomic E-state index is 0.0251. The number of hydrogen-bond acceptors (Lipinski definition) is 6. The number of carboxylic acids is 1. The number of methoxy groups -OCH3 is 1. The van der Waals surface area contributed by atoms with Crippen molar-refractivity contribution in [2.24, 2.45) is 0 Å². The quantitative estimate of drug-likeness (QED) is 0.522. The second-order valence-corrected chi connectivity index (χ2v) is 4.31. The van der Waals surface area contributed by atoms with E-state index < -0.39 is 5.97 Å². The average molecular weight is 275 g/mol. The van der Waals surface area contributed by atoms with Crippen LogP contribution < -0.4 is 0 Å². The molecule has 0 atom stereocenters. The van der Waals surface area contributed by atoms with Gasteiger partial charge in [0, 0.05) is 13.7 Å². The Labute approximate surface area is 109 Å². The van der Waals surface area contributed by atoms with E-state index >= 15 is 0 Å². The Hall–Kier alpha value is -1.12. The van der Waals surface area contributed by atoms with Gasteiger partial charge in [-0.3, -0.25) is 4.79 Å². The molecule has 0 aliphatic carbocycles. The van der Waals surface area contributed by atoms with E-state index in [-0.39, 0.29) is 5.75 Å². The van der Waals surface area contributed by atoms with Crippen LogP contribution in [0, 0.1) is 0 Å². The van der Waals surface area contributed by atoms with Crippen molar-refractivity contribution in [1.82, 2.24) is 14.8 Å². The lowest BCUT2D eigenvalue weighted by Crippen LogP contribution is -2.08. The maximum Gasteiger partial charge on any atom is 0.313 e. The first-order chi connectivity index (χ1) is 8.69. The Kier molecular flexibility index (Phi) is 6.69. The van der Waals surface area contributed by atoms with E-state index in [1.807, 2.05) is 11.5 Å². The number of thioether (sulfide) groups is 1. The van der Waals surface area contributed by atoms with Crippen LogP contribution in [0.1, 0.15) is 12.7 Å². The standard InChI is InChI=1S/C10H17N3O4S/c1-3-13-8(6-17-5-4-16-2)11-12-10(13)18-7-9(14)15/h3-7H2,1-2H3,(H,14,15). The van der Waals surface area contributed by atoms with E-state index in [4.69, 9.17) is 14.6 Å². The number of rotatable bonds is 9. The van der Waals surface area contributed by atoms with E-state index in [1.165, 1.54) is 0 Å². The van der Waals surface area contributed by atoms with Crippen molar-refractivity contribution in [3.8, 4) is 0 Å². The van der Waals surface area contributed by atoms with E-state index in [0.29, 0.717) is 37.3 Å². The van der Waals surface area contributed by atoms with Gasteiger partial charge in [0.1, 0.15) is 6.61 Å². The van der Waals surface area contributed by atoms with Crippen LogP contribution in [0.4, 0.5) is 0 Å². The first-order valence-corrected chi connectivity index (χ1v) is 6.51. The van der Waals surface area contributed by atoms with Gasteiger partial charge >= 0.3 is 5.97 Å². The van der Waals surface area contributed by atoms with Gasteiger partial charge in [0.05, 0.1) is 19.0 Å². The molecule has 1 aromatic rings. The highest BCUT2D eigenvalue weighted by Crippen LogP contribution is 2.17. The van der Waals surface area contributed by atoms with Gasteiger partial charge in [0.25, 0.3) is 0 Å². The molecule has 0 saturated heterocycles. The van der Waals surface area contributed by atoms with Crippen LogP contribution in [0.5, 0.6) is 0 Å². The molecule has 1 aromatic heterocycles. The summed E-state index contributed by atoms with van der Waals surface area (Å²) in [6.45, 7) is 3.99. The van der Waals surface area contributed by atoms with Crippen molar-refractivity contribution in [1.29, 1.82) is 0 Å².